The number of aromatic nitrogens is 2. The van der Waals surface area contributed by atoms with Gasteiger partial charge in [-0.25, -0.2) is 0 Å². The first-order valence-corrected chi connectivity index (χ1v) is 5.90. The Morgan fingerprint density at radius 3 is 3.31 bits per heavy atom. The van der Waals surface area contributed by atoms with Gasteiger partial charge in [-0.2, -0.15) is 5.10 Å². The van der Waals surface area contributed by atoms with E-state index in [9.17, 15) is 0 Å². The number of fused-ring (bicyclic) bond motifs is 1. The van der Waals surface area contributed by atoms with Crippen LogP contribution in [0.3, 0.4) is 0 Å². The number of nitrogens with zero attached hydrogens (tertiary/aromatic N) is 2. The predicted molar refractivity (Wildman–Crippen MR) is 61.9 cm³/mol. The Hall–Kier alpha value is -1.13. The molecule has 1 N–H and O–H groups in total. The molecule has 86 valence electrons. The summed E-state index contributed by atoms with van der Waals surface area (Å²) in [6, 6.07) is 2.72. The molecular formula is C12H17N3O. The van der Waals surface area contributed by atoms with Crippen LogP contribution in [0.1, 0.15) is 24.7 Å². The highest BCUT2D eigenvalue weighted by Crippen LogP contribution is 2.23. The predicted octanol–water partition coefficient (Wildman–Crippen LogP) is 1.18. The summed E-state index contributed by atoms with van der Waals surface area (Å²) in [6.45, 7) is 5.54. The topological polar surface area (TPSA) is 39.1 Å². The molecule has 4 nitrogen and oxygen atoms in total. The van der Waals surface area contributed by atoms with Crippen LogP contribution in [-0.2, 0) is 17.9 Å². The molecule has 0 aromatic carbocycles. The van der Waals surface area contributed by atoms with Crippen LogP contribution in [0.25, 0.3) is 5.57 Å². The van der Waals surface area contributed by atoms with Crippen LogP contribution in [0.2, 0.25) is 0 Å². The van der Waals surface area contributed by atoms with Crippen molar-refractivity contribution >= 4 is 5.57 Å². The SMILES string of the molecule is C[C@H]1CC(c2cc3n(n2)CCOC3)=CCN1. The van der Waals surface area contributed by atoms with Crippen molar-refractivity contribution < 1.29 is 4.74 Å². The Kier molecular flexibility index (Phi) is 2.53. The molecule has 0 bridgehead atoms. The first-order valence-electron chi connectivity index (χ1n) is 5.90. The van der Waals surface area contributed by atoms with Gasteiger partial charge in [0, 0.05) is 12.6 Å². The molecule has 0 fully saturated rings. The van der Waals surface area contributed by atoms with Gasteiger partial charge in [0.2, 0.25) is 0 Å². The number of nitrogens with one attached hydrogen (secondary N) is 1. The average molecular weight is 219 g/mol. The number of ether oxygens (including phenoxy) is 1. The van der Waals surface area contributed by atoms with Crippen LogP contribution in [0.4, 0.5) is 0 Å². The molecule has 1 atom stereocenters. The van der Waals surface area contributed by atoms with Gasteiger partial charge in [0.1, 0.15) is 0 Å². The molecule has 0 spiro atoms. The Morgan fingerprint density at radius 1 is 1.56 bits per heavy atom. The second-order valence-electron chi connectivity index (χ2n) is 4.54. The van der Waals surface area contributed by atoms with Crippen LogP contribution in [0, 0.1) is 0 Å². The van der Waals surface area contributed by atoms with E-state index in [-0.39, 0.29) is 0 Å². The molecule has 16 heavy (non-hydrogen) atoms. The summed E-state index contributed by atoms with van der Waals surface area (Å²) in [5, 5.41) is 8.06. The van der Waals surface area contributed by atoms with E-state index in [2.05, 4.69) is 34.2 Å². The van der Waals surface area contributed by atoms with Gasteiger partial charge in [0.15, 0.2) is 0 Å². The molecule has 3 rings (SSSR count). The van der Waals surface area contributed by atoms with Gasteiger partial charge >= 0.3 is 0 Å². The van der Waals surface area contributed by atoms with E-state index in [1.165, 1.54) is 11.3 Å². The van der Waals surface area contributed by atoms with Crippen LogP contribution in [-0.4, -0.2) is 29.0 Å². The highest BCUT2D eigenvalue weighted by atomic mass is 16.5. The van der Waals surface area contributed by atoms with Gasteiger partial charge in [-0.1, -0.05) is 6.08 Å². The molecule has 1 aromatic heterocycles. The van der Waals surface area contributed by atoms with Gasteiger partial charge in [-0.05, 0) is 25.0 Å². The summed E-state index contributed by atoms with van der Waals surface area (Å²) in [4.78, 5) is 0. The van der Waals surface area contributed by atoms with E-state index in [1.807, 2.05) is 0 Å². The van der Waals surface area contributed by atoms with Gasteiger partial charge in [-0.3, -0.25) is 4.68 Å². The maximum atomic E-state index is 5.43. The standard InChI is InChI=1S/C12H17N3O/c1-9-6-10(2-3-13-9)12-7-11-8-16-5-4-15(11)14-12/h2,7,9,13H,3-6,8H2,1H3/t9-/m0/s1. The van der Waals surface area contributed by atoms with E-state index in [1.54, 1.807) is 0 Å². The van der Waals surface area contributed by atoms with Gasteiger partial charge in [0.25, 0.3) is 0 Å². The fourth-order valence-electron chi connectivity index (χ4n) is 2.33. The molecule has 0 saturated heterocycles. The minimum absolute atomic E-state index is 0.551. The van der Waals surface area contributed by atoms with Gasteiger partial charge in [0.05, 0.1) is 31.1 Å². The van der Waals surface area contributed by atoms with Crippen molar-refractivity contribution in [3.05, 3.63) is 23.5 Å². The van der Waals surface area contributed by atoms with Crippen molar-refractivity contribution in [2.45, 2.75) is 32.5 Å². The van der Waals surface area contributed by atoms with E-state index in [0.29, 0.717) is 12.6 Å². The van der Waals surface area contributed by atoms with Crippen molar-refractivity contribution in [1.29, 1.82) is 0 Å². The smallest absolute Gasteiger partial charge is 0.0885 e. The van der Waals surface area contributed by atoms with Crippen molar-refractivity contribution in [3.63, 3.8) is 0 Å². The summed E-state index contributed by atoms with van der Waals surface area (Å²) >= 11 is 0. The highest BCUT2D eigenvalue weighted by Gasteiger charge is 2.17. The molecule has 0 unspecified atom stereocenters. The minimum Gasteiger partial charge on any atom is -0.373 e. The Morgan fingerprint density at radius 2 is 2.50 bits per heavy atom. The molecule has 0 amide bonds. The monoisotopic (exact) mass is 219 g/mol. The normalized spacial score (nSPS) is 25.1. The lowest BCUT2D eigenvalue weighted by Gasteiger charge is -2.19. The molecule has 2 aliphatic heterocycles. The highest BCUT2D eigenvalue weighted by molar-refractivity contribution is 5.64. The lowest BCUT2D eigenvalue weighted by molar-refractivity contribution is 0.0800. The van der Waals surface area contributed by atoms with Crippen molar-refractivity contribution in [2.75, 3.05) is 13.2 Å². The van der Waals surface area contributed by atoms with Crippen LogP contribution < -0.4 is 5.32 Å². The van der Waals surface area contributed by atoms with Crippen LogP contribution >= 0.6 is 0 Å². The van der Waals surface area contributed by atoms with E-state index in [4.69, 9.17) is 4.74 Å². The fraction of sp³-hybridized carbons (Fsp3) is 0.583. The summed E-state index contributed by atoms with van der Waals surface area (Å²) in [5.74, 6) is 0. The molecule has 0 radical (unpaired) electrons. The third-order valence-corrected chi connectivity index (χ3v) is 3.23. The molecule has 0 saturated carbocycles. The first kappa shape index (κ1) is 10.1. The molecule has 0 aliphatic carbocycles. The summed E-state index contributed by atoms with van der Waals surface area (Å²) < 4.78 is 7.50. The third kappa shape index (κ3) is 1.79. The van der Waals surface area contributed by atoms with Crippen molar-refractivity contribution in [3.8, 4) is 0 Å². The van der Waals surface area contributed by atoms with Crippen LogP contribution in [0.5, 0.6) is 0 Å². The molecule has 2 aliphatic rings. The third-order valence-electron chi connectivity index (χ3n) is 3.23. The Labute approximate surface area is 95.3 Å². The second kappa shape index (κ2) is 4.03. The quantitative estimate of drug-likeness (QED) is 0.771. The van der Waals surface area contributed by atoms with E-state index in [0.717, 1.165) is 31.8 Å². The second-order valence-corrected chi connectivity index (χ2v) is 4.54. The zero-order valence-corrected chi connectivity index (χ0v) is 9.57. The number of rotatable bonds is 1. The summed E-state index contributed by atoms with van der Waals surface area (Å²) in [6.07, 6.45) is 3.31. The zero-order valence-electron chi connectivity index (χ0n) is 9.57. The summed E-state index contributed by atoms with van der Waals surface area (Å²) in [5.41, 5.74) is 3.70. The molecule has 4 heteroatoms. The molecule has 3 heterocycles. The lowest BCUT2D eigenvalue weighted by Crippen LogP contribution is -2.30. The fourth-order valence-corrected chi connectivity index (χ4v) is 2.33. The van der Waals surface area contributed by atoms with Crippen molar-refractivity contribution in [2.24, 2.45) is 0 Å². The minimum atomic E-state index is 0.551. The van der Waals surface area contributed by atoms with Crippen LogP contribution in [0.15, 0.2) is 12.1 Å². The largest absolute Gasteiger partial charge is 0.373 e. The average Bonchev–Trinajstić information content (AvgIpc) is 2.72. The first-order chi connectivity index (χ1) is 7.83. The van der Waals surface area contributed by atoms with Gasteiger partial charge in [-0.15, -0.1) is 0 Å². The van der Waals surface area contributed by atoms with E-state index >= 15 is 0 Å². The molecule has 1 aromatic rings. The zero-order chi connectivity index (χ0) is 11.0. The van der Waals surface area contributed by atoms with Gasteiger partial charge < -0.3 is 10.1 Å². The Bertz CT molecular complexity index is 398. The maximum Gasteiger partial charge on any atom is 0.0885 e. The Balaban J connectivity index is 1.89. The number of hydrogen-bond donors (Lipinski definition) is 1. The lowest BCUT2D eigenvalue weighted by atomic mass is 10.0. The number of hydrogen-bond acceptors (Lipinski definition) is 3. The van der Waals surface area contributed by atoms with E-state index < -0.39 is 0 Å². The summed E-state index contributed by atoms with van der Waals surface area (Å²) in [7, 11) is 0. The van der Waals surface area contributed by atoms with Crippen molar-refractivity contribution in [1.82, 2.24) is 15.1 Å². The molecular weight excluding hydrogens is 202 g/mol. The maximum absolute atomic E-state index is 5.43.